The number of nitrogens with one attached hydrogen (secondary N) is 1. The number of allylic oxidation sites excluding steroid dienone is 19. The smallest absolute Gasteiger partial charge is 0.306 e. The quantitative estimate of drug-likeness (QED) is 0.0195. The number of hydrogen-bond acceptors (Lipinski definition) is 10. The SMILES string of the molecule is CC/C=C\C/C=C\C/C=C\C/C=C\C/C=C\C/C=C\CCCCC(=O)OC1C(OCC(NC(=O)C(O)CCCCCCCCCCCCCCC/C=C\C/C=C\C/C=C\CCCCC)C(O)/C=C/CCCCCCCCCCCC)OC(CO)C(O)C1O. The molecule has 8 atom stereocenters. The van der Waals surface area contributed by atoms with Crippen LogP contribution in [-0.4, -0.2) is 99.6 Å². The molecular weight excluding hydrogens is 1100 g/mol. The number of carbonyl (C=O) groups is 2. The summed E-state index contributed by atoms with van der Waals surface area (Å²) >= 11 is 0. The summed E-state index contributed by atoms with van der Waals surface area (Å²) in [6.07, 6.45) is 78.1. The molecule has 11 heteroatoms. The number of esters is 1. The number of amides is 1. The Morgan fingerprint density at radius 2 is 0.818 bits per heavy atom. The van der Waals surface area contributed by atoms with Gasteiger partial charge in [-0.2, -0.15) is 0 Å². The summed E-state index contributed by atoms with van der Waals surface area (Å²) < 4.78 is 17.6. The third-order valence-corrected chi connectivity index (χ3v) is 16.1. The highest BCUT2D eigenvalue weighted by Crippen LogP contribution is 2.26. The molecule has 0 radical (unpaired) electrons. The lowest BCUT2D eigenvalue weighted by Crippen LogP contribution is -2.61. The van der Waals surface area contributed by atoms with E-state index in [9.17, 15) is 35.1 Å². The number of hydrogen-bond donors (Lipinski definition) is 6. The first-order valence-electron chi connectivity index (χ1n) is 35.8. The second-order valence-electron chi connectivity index (χ2n) is 24.2. The van der Waals surface area contributed by atoms with Crippen LogP contribution in [0.4, 0.5) is 0 Å². The molecule has 1 saturated heterocycles. The molecule has 1 amide bonds. The average molecular weight is 1230 g/mol. The molecule has 1 heterocycles. The van der Waals surface area contributed by atoms with Crippen LogP contribution in [0.1, 0.15) is 290 Å². The van der Waals surface area contributed by atoms with Gasteiger partial charge >= 0.3 is 5.97 Å². The fourth-order valence-corrected chi connectivity index (χ4v) is 10.5. The van der Waals surface area contributed by atoms with Crippen LogP contribution in [0, 0.1) is 0 Å². The molecule has 8 unspecified atom stereocenters. The van der Waals surface area contributed by atoms with Gasteiger partial charge in [-0.25, -0.2) is 0 Å². The van der Waals surface area contributed by atoms with Crippen molar-refractivity contribution in [2.45, 2.75) is 339 Å². The average Bonchev–Trinajstić information content (AvgIpc) is 1.36. The maximum Gasteiger partial charge on any atom is 0.306 e. The first-order valence-corrected chi connectivity index (χ1v) is 35.8. The Morgan fingerprint density at radius 3 is 1.25 bits per heavy atom. The van der Waals surface area contributed by atoms with Gasteiger partial charge in [0.05, 0.1) is 25.4 Å². The number of rotatable bonds is 60. The zero-order chi connectivity index (χ0) is 63.9. The Morgan fingerprint density at radius 1 is 0.455 bits per heavy atom. The molecule has 0 spiro atoms. The minimum Gasteiger partial charge on any atom is -0.454 e. The molecule has 0 aromatic carbocycles. The highest BCUT2D eigenvalue weighted by atomic mass is 16.7. The highest BCUT2D eigenvalue weighted by molar-refractivity contribution is 5.80. The van der Waals surface area contributed by atoms with Crippen molar-refractivity contribution in [1.29, 1.82) is 0 Å². The molecule has 504 valence electrons. The Labute approximate surface area is 538 Å². The van der Waals surface area contributed by atoms with Crippen molar-refractivity contribution in [3.05, 3.63) is 122 Å². The number of ether oxygens (including phenoxy) is 3. The van der Waals surface area contributed by atoms with E-state index in [0.717, 1.165) is 109 Å². The minimum atomic E-state index is -1.64. The van der Waals surface area contributed by atoms with Gasteiger partial charge in [0.15, 0.2) is 12.4 Å². The Hall–Kier alpha value is -3.94. The van der Waals surface area contributed by atoms with E-state index in [1.54, 1.807) is 6.08 Å². The lowest BCUT2D eigenvalue weighted by atomic mass is 9.99. The monoisotopic (exact) mass is 1230 g/mol. The molecule has 88 heavy (non-hydrogen) atoms. The first-order chi connectivity index (χ1) is 43.2. The normalized spacial score (nSPS) is 18.9. The predicted octanol–water partition coefficient (Wildman–Crippen LogP) is 18.6. The van der Waals surface area contributed by atoms with E-state index in [1.807, 2.05) is 6.08 Å². The Bertz CT molecular complexity index is 1900. The summed E-state index contributed by atoms with van der Waals surface area (Å²) in [7, 11) is 0. The van der Waals surface area contributed by atoms with E-state index >= 15 is 0 Å². The van der Waals surface area contributed by atoms with Crippen molar-refractivity contribution in [2.75, 3.05) is 13.2 Å². The molecule has 0 saturated carbocycles. The van der Waals surface area contributed by atoms with Gasteiger partial charge in [-0.1, -0.05) is 290 Å². The third-order valence-electron chi connectivity index (χ3n) is 16.1. The van der Waals surface area contributed by atoms with Crippen molar-refractivity contribution in [3.63, 3.8) is 0 Å². The summed E-state index contributed by atoms with van der Waals surface area (Å²) in [5.41, 5.74) is 0. The first kappa shape index (κ1) is 82.1. The molecule has 1 aliphatic heterocycles. The lowest BCUT2D eigenvalue weighted by molar-refractivity contribution is -0.305. The zero-order valence-corrected chi connectivity index (χ0v) is 56.1. The maximum atomic E-state index is 13.5. The second kappa shape index (κ2) is 63.2. The van der Waals surface area contributed by atoms with Gasteiger partial charge in [-0.15, -0.1) is 0 Å². The molecule has 1 rings (SSSR count). The van der Waals surface area contributed by atoms with Crippen LogP contribution in [0.15, 0.2) is 122 Å². The van der Waals surface area contributed by atoms with Crippen LogP contribution in [0.25, 0.3) is 0 Å². The zero-order valence-electron chi connectivity index (χ0n) is 56.1. The standard InChI is InChI=1S/C77H131NO10/c1-4-7-10-13-16-19-22-25-27-29-31-33-34-35-36-37-39-40-42-44-46-49-52-55-58-61-64-70(81)76(85)78-68(69(80)63-60-57-54-51-48-24-21-18-15-12-9-6-3)67-86-77-75(74(84)73(83)71(66-79)87-77)88-72(82)65-62-59-56-53-50-47-45-43-41-38-32-30-28-26-23-20-17-14-11-8-5-2/h8,11,16-17,19-20,25-28,31-33,38,43,45,50,53,60,63,68-71,73-75,77,79-81,83-84H,4-7,9-10,12-15,18,21-24,29-30,34-37,39-42,44,46-49,51-52,54-59,61-62,64-67H2,1-3H3,(H,78,85)/b11-8-,19-16-,20-17-,27-25-,28-26-,33-31-,38-32-,45-43-,53-50-,63-60+. The van der Waals surface area contributed by atoms with Gasteiger partial charge in [0.2, 0.25) is 5.91 Å². The van der Waals surface area contributed by atoms with Gasteiger partial charge in [0.1, 0.15) is 24.4 Å². The van der Waals surface area contributed by atoms with E-state index in [-0.39, 0.29) is 19.4 Å². The number of aliphatic hydroxyl groups excluding tert-OH is 5. The molecule has 0 bridgehead atoms. The summed E-state index contributed by atoms with van der Waals surface area (Å²) in [6, 6.07) is -1.04. The molecule has 1 fully saturated rings. The molecule has 0 aromatic heterocycles. The Balaban J connectivity index is 2.60. The van der Waals surface area contributed by atoms with E-state index in [0.29, 0.717) is 12.8 Å². The van der Waals surface area contributed by atoms with Crippen LogP contribution in [-0.2, 0) is 23.8 Å². The van der Waals surface area contributed by atoms with Gasteiger partial charge in [-0.05, 0) is 116 Å². The van der Waals surface area contributed by atoms with Crippen molar-refractivity contribution < 1.29 is 49.3 Å². The van der Waals surface area contributed by atoms with Crippen molar-refractivity contribution in [1.82, 2.24) is 5.32 Å². The van der Waals surface area contributed by atoms with E-state index in [1.165, 1.54) is 135 Å². The minimum absolute atomic E-state index is 0.0630. The van der Waals surface area contributed by atoms with Crippen molar-refractivity contribution >= 4 is 11.9 Å². The van der Waals surface area contributed by atoms with Gasteiger partial charge < -0.3 is 45.1 Å². The number of aliphatic hydroxyl groups is 5. The van der Waals surface area contributed by atoms with Gasteiger partial charge in [0, 0.05) is 6.42 Å². The van der Waals surface area contributed by atoms with Gasteiger partial charge in [0.25, 0.3) is 0 Å². The molecule has 0 aromatic rings. The van der Waals surface area contributed by atoms with Crippen LogP contribution >= 0.6 is 0 Å². The van der Waals surface area contributed by atoms with Crippen LogP contribution in [0.3, 0.4) is 0 Å². The largest absolute Gasteiger partial charge is 0.454 e. The molecule has 1 aliphatic rings. The van der Waals surface area contributed by atoms with Crippen LogP contribution in [0.2, 0.25) is 0 Å². The molecule has 6 N–H and O–H groups in total. The predicted molar refractivity (Wildman–Crippen MR) is 370 cm³/mol. The highest BCUT2D eigenvalue weighted by Gasteiger charge is 2.47. The summed E-state index contributed by atoms with van der Waals surface area (Å²) in [6.45, 7) is 5.64. The van der Waals surface area contributed by atoms with Crippen molar-refractivity contribution in [2.24, 2.45) is 0 Å². The van der Waals surface area contributed by atoms with E-state index in [2.05, 4.69) is 135 Å². The second-order valence-corrected chi connectivity index (χ2v) is 24.2. The van der Waals surface area contributed by atoms with Gasteiger partial charge in [-0.3, -0.25) is 9.59 Å². The Kier molecular flexibility index (Phi) is 59.0. The van der Waals surface area contributed by atoms with Crippen molar-refractivity contribution in [3.8, 4) is 0 Å². The molecule has 11 nitrogen and oxygen atoms in total. The topological polar surface area (TPSA) is 175 Å². The maximum absolute atomic E-state index is 13.5. The third kappa shape index (κ3) is 49.8. The molecule has 0 aliphatic carbocycles. The molecular formula is C77H131NO10. The summed E-state index contributed by atoms with van der Waals surface area (Å²) in [5, 5.41) is 57.2. The fraction of sp³-hybridized carbons (Fsp3) is 0.714. The van der Waals surface area contributed by atoms with Crippen LogP contribution < -0.4 is 5.32 Å². The van der Waals surface area contributed by atoms with E-state index < -0.39 is 67.4 Å². The summed E-state index contributed by atoms with van der Waals surface area (Å²) in [5.74, 6) is -1.24. The number of unbranched alkanes of at least 4 members (excludes halogenated alkanes) is 28. The lowest BCUT2D eigenvalue weighted by Gasteiger charge is -2.41. The van der Waals surface area contributed by atoms with Crippen LogP contribution in [0.5, 0.6) is 0 Å². The number of carbonyl (C=O) groups excluding carboxylic acids is 2. The van der Waals surface area contributed by atoms with E-state index in [4.69, 9.17) is 14.2 Å². The summed E-state index contributed by atoms with van der Waals surface area (Å²) in [4.78, 5) is 26.7. The fourth-order valence-electron chi connectivity index (χ4n) is 10.5.